The van der Waals surface area contributed by atoms with Crippen molar-refractivity contribution < 1.29 is 13.9 Å². The van der Waals surface area contributed by atoms with Crippen molar-refractivity contribution in [3.05, 3.63) is 69.9 Å². The van der Waals surface area contributed by atoms with E-state index in [1.54, 1.807) is 26.4 Å². The van der Waals surface area contributed by atoms with Crippen LogP contribution in [-0.4, -0.2) is 19.2 Å². The number of nitrogens with zero attached hydrogens (tertiary/aromatic N) is 2. The Morgan fingerprint density at radius 3 is 2.30 bits per heavy atom. The second-order valence-electron chi connectivity index (χ2n) is 5.84. The number of hydrogen-bond acceptors (Lipinski definition) is 5. The summed E-state index contributed by atoms with van der Waals surface area (Å²) in [5, 5.41) is 2.60. The summed E-state index contributed by atoms with van der Waals surface area (Å²) in [6.07, 6.45) is 5.43. The van der Waals surface area contributed by atoms with Gasteiger partial charge in [0.1, 0.15) is 17.3 Å². The Balaban J connectivity index is 1.95. The summed E-state index contributed by atoms with van der Waals surface area (Å²) >= 11 is 1.44. The molecule has 1 aromatic heterocycles. The molecule has 0 atom stereocenters. The quantitative estimate of drug-likeness (QED) is 0.564. The molecule has 6 heteroatoms. The summed E-state index contributed by atoms with van der Waals surface area (Å²) in [5.41, 5.74) is 2.76. The molecule has 0 aliphatic rings. The predicted molar refractivity (Wildman–Crippen MR) is 106 cm³/mol. The van der Waals surface area contributed by atoms with Crippen molar-refractivity contribution in [2.45, 2.75) is 13.1 Å². The molecule has 0 bridgehead atoms. The summed E-state index contributed by atoms with van der Waals surface area (Å²) in [5.74, 6) is 3.68. The Morgan fingerprint density at radius 2 is 1.74 bits per heavy atom. The summed E-state index contributed by atoms with van der Waals surface area (Å²) in [7, 11) is 3.23. The van der Waals surface area contributed by atoms with Crippen LogP contribution in [0.2, 0.25) is 0 Å². The third-order valence-electron chi connectivity index (χ3n) is 4.02. The molecule has 1 heterocycles. The second-order valence-corrected chi connectivity index (χ2v) is 6.70. The number of methoxy groups -OCH3 is 2. The fourth-order valence-corrected chi connectivity index (χ4v) is 3.28. The van der Waals surface area contributed by atoms with Crippen LogP contribution in [0.5, 0.6) is 11.5 Å². The molecule has 0 unspecified atom stereocenters. The van der Waals surface area contributed by atoms with Crippen LogP contribution in [0.1, 0.15) is 16.3 Å². The Morgan fingerprint density at radius 1 is 1.07 bits per heavy atom. The molecule has 0 amide bonds. The van der Waals surface area contributed by atoms with Crippen molar-refractivity contribution >= 4 is 17.0 Å². The Labute approximate surface area is 162 Å². The maximum absolute atomic E-state index is 13.3. The van der Waals surface area contributed by atoms with E-state index in [4.69, 9.17) is 15.9 Å². The molecule has 3 aromatic rings. The van der Waals surface area contributed by atoms with Gasteiger partial charge in [0, 0.05) is 35.8 Å². The van der Waals surface area contributed by atoms with Gasteiger partial charge in [0.25, 0.3) is 0 Å². The van der Waals surface area contributed by atoms with Crippen molar-refractivity contribution in [1.29, 1.82) is 0 Å². The lowest BCUT2D eigenvalue weighted by Gasteiger charge is -2.25. The van der Waals surface area contributed by atoms with E-state index in [0.29, 0.717) is 29.6 Å². The number of terminal acetylenes is 1. The molecule has 0 aliphatic heterocycles. The lowest BCUT2D eigenvalue weighted by molar-refractivity contribution is 0.394. The lowest BCUT2D eigenvalue weighted by atomic mass is 10.1. The maximum atomic E-state index is 13.3. The zero-order chi connectivity index (χ0) is 19.2. The number of aromatic nitrogens is 1. The first kappa shape index (κ1) is 18.7. The van der Waals surface area contributed by atoms with Crippen LogP contribution in [0.15, 0.2) is 47.8 Å². The van der Waals surface area contributed by atoms with E-state index in [9.17, 15) is 4.39 Å². The molecule has 3 rings (SSSR count). The summed E-state index contributed by atoms with van der Waals surface area (Å²) in [6.45, 7) is 1.12. The molecule has 0 saturated carbocycles. The summed E-state index contributed by atoms with van der Waals surface area (Å²) in [6, 6.07) is 12.1. The SMILES string of the molecule is C#Cc1nc(CN(Cc2ccc(F)cc2)c2cc(OC)cc(OC)c2)cs1. The summed E-state index contributed by atoms with van der Waals surface area (Å²) < 4.78 is 24.0. The zero-order valence-electron chi connectivity index (χ0n) is 15.1. The molecule has 138 valence electrons. The van der Waals surface area contributed by atoms with E-state index in [2.05, 4.69) is 15.8 Å². The normalized spacial score (nSPS) is 10.3. The lowest BCUT2D eigenvalue weighted by Crippen LogP contribution is -2.22. The van der Waals surface area contributed by atoms with Gasteiger partial charge in [-0.15, -0.1) is 17.8 Å². The zero-order valence-corrected chi connectivity index (χ0v) is 15.9. The standard InChI is InChI=1S/C21H19FN2O2S/c1-4-21-23-17(14-27-21)13-24(12-15-5-7-16(22)8-6-15)18-9-19(25-2)11-20(10-18)26-3/h1,5-11,14H,12-13H2,2-3H3. The second kappa shape index (κ2) is 8.56. The molecular weight excluding hydrogens is 363 g/mol. The number of rotatable bonds is 7. The Kier molecular flexibility index (Phi) is 5.94. The number of hydrogen-bond donors (Lipinski definition) is 0. The van der Waals surface area contributed by atoms with E-state index in [-0.39, 0.29) is 5.82 Å². The van der Waals surface area contributed by atoms with Gasteiger partial charge in [0.05, 0.1) is 26.5 Å². The van der Waals surface area contributed by atoms with Gasteiger partial charge in [-0.1, -0.05) is 12.1 Å². The molecule has 0 fully saturated rings. The minimum absolute atomic E-state index is 0.258. The first-order valence-corrected chi connectivity index (χ1v) is 9.12. The highest BCUT2D eigenvalue weighted by atomic mass is 32.1. The van der Waals surface area contributed by atoms with E-state index >= 15 is 0 Å². The van der Waals surface area contributed by atoms with Crippen molar-refractivity contribution in [3.63, 3.8) is 0 Å². The topological polar surface area (TPSA) is 34.6 Å². The Hall–Kier alpha value is -3.04. The number of halogens is 1. The van der Waals surface area contributed by atoms with Crippen LogP contribution in [0.3, 0.4) is 0 Å². The van der Waals surface area contributed by atoms with Gasteiger partial charge in [0.2, 0.25) is 0 Å². The molecule has 0 N–H and O–H groups in total. The van der Waals surface area contributed by atoms with E-state index in [0.717, 1.165) is 16.9 Å². The average molecular weight is 382 g/mol. The third kappa shape index (κ3) is 4.78. The minimum Gasteiger partial charge on any atom is -0.497 e. The van der Waals surface area contributed by atoms with Gasteiger partial charge in [-0.2, -0.15) is 0 Å². The van der Waals surface area contributed by atoms with Crippen LogP contribution in [0.25, 0.3) is 0 Å². The molecule has 0 radical (unpaired) electrons. The van der Waals surface area contributed by atoms with Gasteiger partial charge in [-0.25, -0.2) is 9.37 Å². The summed E-state index contributed by atoms with van der Waals surface area (Å²) in [4.78, 5) is 6.57. The average Bonchev–Trinajstić information content (AvgIpc) is 3.16. The molecule has 0 spiro atoms. The molecule has 27 heavy (non-hydrogen) atoms. The number of thiazole rings is 1. The number of ether oxygens (including phenoxy) is 2. The van der Waals surface area contributed by atoms with Crippen LogP contribution >= 0.6 is 11.3 Å². The van der Waals surface area contributed by atoms with Gasteiger partial charge in [-0.3, -0.25) is 0 Å². The van der Waals surface area contributed by atoms with Crippen LogP contribution in [0.4, 0.5) is 10.1 Å². The maximum Gasteiger partial charge on any atom is 0.166 e. The molecular formula is C21H19FN2O2S. The predicted octanol–water partition coefficient (Wildman–Crippen LogP) is 4.49. The van der Waals surface area contributed by atoms with E-state index in [1.807, 2.05) is 23.6 Å². The molecule has 0 aliphatic carbocycles. The molecule has 2 aromatic carbocycles. The van der Waals surface area contributed by atoms with Crippen molar-refractivity contribution in [1.82, 2.24) is 4.98 Å². The van der Waals surface area contributed by atoms with Crippen LogP contribution < -0.4 is 14.4 Å². The van der Waals surface area contributed by atoms with E-state index < -0.39 is 0 Å². The van der Waals surface area contributed by atoms with Crippen molar-refractivity contribution in [3.8, 4) is 23.8 Å². The highest BCUT2D eigenvalue weighted by Crippen LogP contribution is 2.30. The van der Waals surface area contributed by atoms with Gasteiger partial charge < -0.3 is 14.4 Å². The van der Waals surface area contributed by atoms with Crippen molar-refractivity contribution in [2.24, 2.45) is 0 Å². The van der Waals surface area contributed by atoms with Gasteiger partial charge >= 0.3 is 0 Å². The number of anilines is 1. The minimum atomic E-state index is -0.258. The highest BCUT2D eigenvalue weighted by molar-refractivity contribution is 7.10. The van der Waals surface area contributed by atoms with E-state index in [1.165, 1.54) is 23.5 Å². The molecule has 0 saturated heterocycles. The first-order valence-electron chi connectivity index (χ1n) is 8.24. The smallest absolute Gasteiger partial charge is 0.166 e. The number of benzene rings is 2. The Bertz CT molecular complexity index is 925. The van der Waals surface area contributed by atoms with Crippen LogP contribution in [-0.2, 0) is 13.1 Å². The fourth-order valence-electron chi connectivity index (χ4n) is 2.67. The monoisotopic (exact) mass is 382 g/mol. The van der Waals surface area contributed by atoms with Gasteiger partial charge in [0.15, 0.2) is 5.01 Å². The molecule has 4 nitrogen and oxygen atoms in total. The fraction of sp³-hybridized carbons (Fsp3) is 0.190. The largest absolute Gasteiger partial charge is 0.497 e. The van der Waals surface area contributed by atoms with Crippen molar-refractivity contribution in [2.75, 3.05) is 19.1 Å². The third-order valence-corrected chi connectivity index (χ3v) is 4.84. The highest BCUT2D eigenvalue weighted by Gasteiger charge is 2.14. The van der Waals surface area contributed by atoms with Crippen LogP contribution in [0, 0.1) is 18.2 Å². The first-order chi connectivity index (χ1) is 13.1. The van der Waals surface area contributed by atoms with Gasteiger partial charge in [-0.05, 0) is 23.6 Å².